The Morgan fingerprint density at radius 2 is 2.00 bits per heavy atom. The van der Waals surface area contributed by atoms with Gasteiger partial charge in [0.1, 0.15) is 5.75 Å². The van der Waals surface area contributed by atoms with Crippen molar-refractivity contribution in [2.45, 2.75) is 13.8 Å². The molecule has 21 heavy (non-hydrogen) atoms. The molecular formula is C14H18N2O5. The highest BCUT2D eigenvalue weighted by atomic mass is 16.5. The van der Waals surface area contributed by atoms with Gasteiger partial charge < -0.3 is 15.2 Å². The van der Waals surface area contributed by atoms with Gasteiger partial charge >= 0.3 is 12.0 Å². The number of rotatable bonds is 5. The van der Waals surface area contributed by atoms with Gasteiger partial charge in [-0.3, -0.25) is 10.1 Å². The van der Waals surface area contributed by atoms with E-state index < -0.39 is 24.5 Å². The number of phenols is 1. The summed E-state index contributed by atoms with van der Waals surface area (Å²) in [4.78, 5) is 34.3. The van der Waals surface area contributed by atoms with Crippen molar-refractivity contribution in [2.24, 2.45) is 5.92 Å². The smallest absolute Gasteiger partial charge is 0.338 e. The first-order valence-electron chi connectivity index (χ1n) is 6.42. The molecule has 7 nitrogen and oxygen atoms in total. The monoisotopic (exact) mass is 294 g/mol. The van der Waals surface area contributed by atoms with Crippen LogP contribution < -0.4 is 10.6 Å². The van der Waals surface area contributed by atoms with Crippen molar-refractivity contribution < 1.29 is 24.2 Å². The van der Waals surface area contributed by atoms with Crippen LogP contribution in [0.4, 0.5) is 4.79 Å². The molecule has 0 bridgehead atoms. The predicted octanol–water partition coefficient (Wildman–Crippen LogP) is 1.03. The van der Waals surface area contributed by atoms with Gasteiger partial charge in [0, 0.05) is 6.54 Å². The highest BCUT2D eigenvalue weighted by Gasteiger charge is 2.12. The van der Waals surface area contributed by atoms with E-state index in [2.05, 4.69) is 5.32 Å². The van der Waals surface area contributed by atoms with Crippen LogP contribution in [-0.2, 0) is 9.53 Å². The van der Waals surface area contributed by atoms with Crippen molar-refractivity contribution in [3.05, 3.63) is 29.8 Å². The van der Waals surface area contributed by atoms with Crippen LogP contribution in [0.1, 0.15) is 24.2 Å². The maximum atomic E-state index is 11.6. The molecule has 0 radical (unpaired) electrons. The Hall–Kier alpha value is -2.57. The van der Waals surface area contributed by atoms with E-state index in [0.717, 1.165) is 0 Å². The van der Waals surface area contributed by atoms with E-state index in [-0.39, 0.29) is 17.2 Å². The number of amides is 3. The Kier molecular flexibility index (Phi) is 6.19. The van der Waals surface area contributed by atoms with E-state index >= 15 is 0 Å². The largest absolute Gasteiger partial charge is 0.508 e. The van der Waals surface area contributed by atoms with Gasteiger partial charge in [-0.2, -0.15) is 0 Å². The fourth-order valence-electron chi connectivity index (χ4n) is 1.35. The molecule has 0 saturated carbocycles. The number of nitrogens with one attached hydrogen (secondary N) is 2. The summed E-state index contributed by atoms with van der Waals surface area (Å²) in [5, 5.41) is 13.8. The van der Waals surface area contributed by atoms with Crippen LogP contribution in [0.15, 0.2) is 24.3 Å². The summed E-state index contributed by atoms with van der Waals surface area (Å²) in [6, 6.07) is 4.90. The topological polar surface area (TPSA) is 105 Å². The highest BCUT2D eigenvalue weighted by Crippen LogP contribution is 2.11. The number of carbonyl (C=O) groups excluding carboxylic acids is 3. The van der Waals surface area contributed by atoms with Crippen LogP contribution in [0.5, 0.6) is 5.75 Å². The van der Waals surface area contributed by atoms with E-state index in [1.165, 1.54) is 24.3 Å². The van der Waals surface area contributed by atoms with Crippen molar-refractivity contribution in [3.63, 3.8) is 0 Å². The van der Waals surface area contributed by atoms with Crippen LogP contribution in [0, 0.1) is 5.92 Å². The van der Waals surface area contributed by atoms with Gasteiger partial charge in [-0.15, -0.1) is 0 Å². The fraction of sp³-hybridized carbons (Fsp3) is 0.357. The molecule has 1 rings (SSSR count). The minimum absolute atomic E-state index is 0.0815. The van der Waals surface area contributed by atoms with E-state index in [1.807, 2.05) is 19.2 Å². The predicted molar refractivity (Wildman–Crippen MR) is 74.8 cm³/mol. The van der Waals surface area contributed by atoms with Crippen molar-refractivity contribution in [3.8, 4) is 5.75 Å². The molecule has 0 unspecified atom stereocenters. The van der Waals surface area contributed by atoms with Crippen molar-refractivity contribution in [1.82, 2.24) is 10.6 Å². The van der Waals surface area contributed by atoms with E-state index in [4.69, 9.17) is 4.74 Å². The molecule has 0 aliphatic rings. The Bertz CT molecular complexity index is 528. The molecule has 0 fully saturated rings. The van der Waals surface area contributed by atoms with Crippen LogP contribution in [0.25, 0.3) is 0 Å². The average Bonchev–Trinajstić information content (AvgIpc) is 2.42. The van der Waals surface area contributed by atoms with Crippen LogP contribution in [0.2, 0.25) is 0 Å². The summed E-state index contributed by atoms with van der Waals surface area (Å²) in [5.41, 5.74) is 0.118. The standard InChI is InChI=1S/C14H18N2O5/c1-9(2)7-15-14(20)16-12(18)8-21-13(19)10-4-3-5-11(17)6-10/h3-6,9,17H,7-8H2,1-2H3,(H2,15,16,18,20). The average molecular weight is 294 g/mol. The molecule has 0 aliphatic heterocycles. The third-order valence-corrected chi connectivity index (χ3v) is 2.34. The number of carbonyl (C=O) groups is 3. The lowest BCUT2D eigenvalue weighted by Gasteiger charge is -2.09. The van der Waals surface area contributed by atoms with Crippen LogP contribution in [-0.4, -0.2) is 36.2 Å². The van der Waals surface area contributed by atoms with Gasteiger partial charge in [-0.05, 0) is 24.1 Å². The molecule has 7 heteroatoms. The van der Waals surface area contributed by atoms with Gasteiger partial charge in [-0.25, -0.2) is 9.59 Å². The molecule has 1 aromatic rings. The second kappa shape index (κ2) is 7.88. The zero-order valence-corrected chi connectivity index (χ0v) is 11.9. The van der Waals surface area contributed by atoms with E-state index in [9.17, 15) is 19.5 Å². The van der Waals surface area contributed by atoms with Gasteiger partial charge in [0.2, 0.25) is 0 Å². The fourth-order valence-corrected chi connectivity index (χ4v) is 1.35. The third-order valence-electron chi connectivity index (χ3n) is 2.34. The molecule has 0 aromatic heterocycles. The van der Waals surface area contributed by atoms with E-state index in [0.29, 0.717) is 6.54 Å². The number of benzene rings is 1. The Labute approximate surface area is 122 Å². The minimum atomic E-state index is -0.761. The molecule has 3 amide bonds. The Morgan fingerprint density at radius 3 is 2.62 bits per heavy atom. The lowest BCUT2D eigenvalue weighted by atomic mass is 10.2. The maximum Gasteiger partial charge on any atom is 0.338 e. The summed E-state index contributed by atoms with van der Waals surface area (Å²) in [6.45, 7) is 3.68. The molecule has 114 valence electrons. The minimum Gasteiger partial charge on any atom is -0.508 e. The number of ether oxygens (including phenoxy) is 1. The van der Waals surface area contributed by atoms with Crippen LogP contribution >= 0.6 is 0 Å². The molecule has 0 aliphatic carbocycles. The van der Waals surface area contributed by atoms with Crippen molar-refractivity contribution >= 4 is 17.9 Å². The molecule has 0 atom stereocenters. The van der Waals surface area contributed by atoms with E-state index in [1.54, 1.807) is 0 Å². The summed E-state index contributed by atoms with van der Waals surface area (Å²) in [5.74, 6) is -1.31. The van der Waals surface area contributed by atoms with Gasteiger partial charge in [0.15, 0.2) is 6.61 Å². The number of hydrogen-bond donors (Lipinski definition) is 3. The third kappa shape index (κ3) is 6.42. The van der Waals surface area contributed by atoms with Gasteiger partial charge in [0.25, 0.3) is 5.91 Å². The number of phenolic OH excluding ortho intramolecular Hbond substituents is 1. The molecular weight excluding hydrogens is 276 g/mol. The summed E-state index contributed by atoms with van der Waals surface area (Å²) >= 11 is 0. The SMILES string of the molecule is CC(C)CNC(=O)NC(=O)COC(=O)c1cccc(O)c1. The Morgan fingerprint density at radius 1 is 1.29 bits per heavy atom. The second-order valence-electron chi connectivity index (χ2n) is 4.78. The summed E-state index contributed by atoms with van der Waals surface area (Å²) in [6.07, 6.45) is 0. The summed E-state index contributed by atoms with van der Waals surface area (Å²) < 4.78 is 4.73. The lowest BCUT2D eigenvalue weighted by molar-refractivity contribution is -0.123. The normalized spacial score (nSPS) is 10.0. The zero-order chi connectivity index (χ0) is 15.8. The molecule has 0 heterocycles. The second-order valence-corrected chi connectivity index (χ2v) is 4.78. The van der Waals surface area contributed by atoms with Crippen molar-refractivity contribution in [1.29, 1.82) is 0 Å². The first kappa shape index (κ1) is 16.5. The number of urea groups is 1. The highest BCUT2D eigenvalue weighted by molar-refractivity contribution is 5.97. The maximum absolute atomic E-state index is 11.6. The molecule has 0 saturated heterocycles. The van der Waals surface area contributed by atoms with Crippen molar-refractivity contribution in [2.75, 3.05) is 13.2 Å². The molecule has 0 spiro atoms. The summed E-state index contributed by atoms with van der Waals surface area (Å²) in [7, 11) is 0. The van der Waals surface area contributed by atoms with Crippen LogP contribution in [0.3, 0.4) is 0 Å². The number of imide groups is 1. The molecule has 3 N–H and O–H groups in total. The zero-order valence-electron chi connectivity index (χ0n) is 11.9. The number of hydrogen-bond acceptors (Lipinski definition) is 5. The number of esters is 1. The molecule has 1 aromatic carbocycles. The first-order valence-corrected chi connectivity index (χ1v) is 6.42. The van der Waals surface area contributed by atoms with Gasteiger partial charge in [0.05, 0.1) is 5.56 Å². The first-order chi connectivity index (χ1) is 9.88. The number of aromatic hydroxyl groups is 1. The van der Waals surface area contributed by atoms with Gasteiger partial charge in [-0.1, -0.05) is 19.9 Å². The quantitative estimate of drug-likeness (QED) is 0.703. The Balaban J connectivity index is 2.36. The lowest BCUT2D eigenvalue weighted by Crippen LogP contribution is -2.42.